The van der Waals surface area contributed by atoms with Crippen LogP contribution in [0.25, 0.3) is 11.3 Å². The molecule has 1 fully saturated rings. The van der Waals surface area contributed by atoms with Gasteiger partial charge in [-0.2, -0.15) is 5.10 Å². The van der Waals surface area contributed by atoms with E-state index in [4.69, 9.17) is 4.52 Å². The number of benzene rings is 1. The average Bonchev–Trinajstić information content (AvgIpc) is 3.32. The molecule has 0 N–H and O–H groups in total. The predicted octanol–water partition coefficient (Wildman–Crippen LogP) is 2.17. The Balaban J connectivity index is 1.36. The van der Waals surface area contributed by atoms with Crippen molar-refractivity contribution in [2.45, 2.75) is 6.54 Å². The van der Waals surface area contributed by atoms with Crippen LogP contribution in [0.4, 0.5) is 4.39 Å². The molecule has 1 aromatic carbocycles. The standard InChI is InChI=1S/C19H20FN5O2/c1-23-12-14(11-21-23)13-24-6-8-25(9-7-24)19(26)17-10-18(27-22-17)15-2-4-16(20)5-3-15/h2-5,10-12H,6-9,13H2,1H3. The van der Waals surface area contributed by atoms with Gasteiger partial charge in [0.1, 0.15) is 5.82 Å². The highest BCUT2D eigenvalue weighted by atomic mass is 19.1. The predicted molar refractivity (Wildman–Crippen MR) is 96.3 cm³/mol. The fourth-order valence-corrected chi connectivity index (χ4v) is 3.21. The van der Waals surface area contributed by atoms with Crippen molar-refractivity contribution in [3.05, 3.63) is 59.8 Å². The second-order valence-electron chi connectivity index (χ2n) is 6.67. The molecule has 7 nitrogen and oxygen atoms in total. The molecule has 27 heavy (non-hydrogen) atoms. The summed E-state index contributed by atoms with van der Waals surface area (Å²) in [5.74, 6) is -0.0135. The summed E-state index contributed by atoms with van der Waals surface area (Å²) in [5, 5.41) is 8.08. The normalized spacial score (nSPS) is 15.3. The van der Waals surface area contributed by atoms with Crippen LogP contribution in [0.2, 0.25) is 0 Å². The van der Waals surface area contributed by atoms with Crippen molar-refractivity contribution in [3.63, 3.8) is 0 Å². The zero-order valence-corrected chi connectivity index (χ0v) is 15.0. The molecule has 0 atom stereocenters. The number of hydrogen-bond donors (Lipinski definition) is 0. The summed E-state index contributed by atoms with van der Waals surface area (Å²) in [6, 6.07) is 7.50. The van der Waals surface area contributed by atoms with Gasteiger partial charge in [-0.1, -0.05) is 5.16 Å². The highest BCUT2D eigenvalue weighted by molar-refractivity contribution is 5.93. The van der Waals surface area contributed by atoms with Gasteiger partial charge < -0.3 is 9.42 Å². The second-order valence-corrected chi connectivity index (χ2v) is 6.67. The number of amides is 1. The molecular weight excluding hydrogens is 349 g/mol. The minimum Gasteiger partial charge on any atom is -0.355 e. The Morgan fingerprint density at radius 2 is 1.93 bits per heavy atom. The number of halogens is 1. The molecule has 3 heterocycles. The Kier molecular flexibility index (Phi) is 4.72. The fourth-order valence-electron chi connectivity index (χ4n) is 3.21. The van der Waals surface area contributed by atoms with Crippen molar-refractivity contribution in [3.8, 4) is 11.3 Å². The molecule has 0 aliphatic carbocycles. The number of nitrogens with zero attached hydrogens (tertiary/aromatic N) is 5. The van der Waals surface area contributed by atoms with Gasteiger partial charge >= 0.3 is 0 Å². The first-order valence-corrected chi connectivity index (χ1v) is 8.80. The van der Waals surface area contributed by atoms with Crippen LogP contribution in [0.15, 0.2) is 47.2 Å². The molecule has 8 heteroatoms. The van der Waals surface area contributed by atoms with Crippen molar-refractivity contribution in [2.75, 3.05) is 26.2 Å². The van der Waals surface area contributed by atoms with Crippen molar-refractivity contribution in [2.24, 2.45) is 7.05 Å². The molecule has 0 unspecified atom stereocenters. The summed E-state index contributed by atoms with van der Waals surface area (Å²) in [4.78, 5) is 16.8. The van der Waals surface area contributed by atoms with Gasteiger partial charge in [0, 0.05) is 63.2 Å². The van der Waals surface area contributed by atoms with Crippen LogP contribution in [0.5, 0.6) is 0 Å². The summed E-state index contributed by atoms with van der Waals surface area (Å²) >= 11 is 0. The maximum absolute atomic E-state index is 13.0. The van der Waals surface area contributed by atoms with E-state index in [1.165, 1.54) is 12.1 Å². The minimum absolute atomic E-state index is 0.145. The fraction of sp³-hybridized carbons (Fsp3) is 0.316. The summed E-state index contributed by atoms with van der Waals surface area (Å²) in [6.07, 6.45) is 3.87. The third-order valence-electron chi connectivity index (χ3n) is 4.68. The van der Waals surface area contributed by atoms with Gasteiger partial charge in [-0.25, -0.2) is 4.39 Å². The highest BCUT2D eigenvalue weighted by Gasteiger charge is 2.25. The Hall–Kier alpha value is -3.00. The molecule has 0 saturated carbocycles. The van der Waals surface area contributed by atoms with Crippen LogP contribution in [-0.2, 0) is 13.6 Å². The van der Waals surface area contributed by atoms with Gasteiger partial charge in [-0.15, -0.1) is 0 Å². The van der Waals surface area contributed by atoms with Crippen LogP contribution in [0, 0.1) is 5.82 Å². The molecule has 0 spiro atoms. The Morgan fingerprint density at radius 1 is 1.19 bits per heavy atom. The lowest BCUT2D eigenvalue weighted by Crippen LogP contribution is -2.48. The van der Waals surface area contributed by atoms with Gasteiger partial charge in [0.05, 0.1) is 6.20 Å². The van der Waals surface area contributed by atoms with Crippen LogP contribution in [0.3, 0.4) is 0 Å². The smallest absolute Gasteiger partial charge is 0.276 e. The van der Waals surface area contributed by atoms with E-state index in [0.29, 0.717) is 24.4 Å². The number of aromatic nitrogens is 3. The lowest BCUT2D eigenvalue weighted by molar-refractivity contribution is 0.0618. The first kappa shape index (κ1) is 17.4. The van der Waals surface area contributed by atoms with Crippen molar-refractivity contribution in [1.29, 1.82) is 0 Å². The quantitative estimate of drug-likeness (QED) is 0.705. The van der Waals surface area contributed by atoms with Crippen LogP contribution >= 0.6 is 0 Å². The van der Waals surface area contributed by atoms with E-state index in [0.717, 1.165) is 25.2 Å². The first-order valence-electron chi connectivity index (χ1n) is 8.80. The highest BCUT2D eigenvalue weighted by Crippen LogP contribution is 2.21. The van der Waals surface area contributed by atoms with E-state index in [2.05, 4.69) is 15.2 Å². The van der Waals surface area contributed by atoms with E-state index in [-0.39, 0.29) is 17.4 Å². The number of piperazine rings is 1. The van der Waals surface area contributed by atoms with E-state index in [1.807, 2.05) is 19.4 Å². The lowest BCUT2D eigenvalue weighted by Gasteiger charge is -2.34. The largest absolute Gasteiger partial charge is 0.355 e. The third-order valence-corrected chi connectivity index (χ3v) is 4.68. The molecule has 1 saturated heterocycles. The van der Waals surface area contributed by atoms with E-state index in [9.17, 15) is 9.18 Å². The Labute approximate surface area is 156 Å². The molecule has 1 aliphatic rings. The van der Waals surface area contributed by atoms with Crippen molar-refractivity contribution in [1.82, 2.24) is 24.7 Å². The Bertz CT molecular complexity index is 926. The molecule has 2 aromatic heterocycles. The Morgan fingerprint density at radius 3 is 2.59 bits per heavy atom. The minimum atomic E-state index is -0.321. The molecule has 0 radical (unpaired) electrons. The third kappa shape index (κ3) is 3.90. The molecule has 140 valence electrons. The first-order chi connectivity index (χ1) is 13.1. The molecule has 1 aliphatic heterocycles. The monoisotopic (exact) mass is 369 g/mol. The van der Waals surface area contributed by atoms with Gasteiger partial charge in [0.25, 0.3) is 5.91 Å². The van der Waals surface area contributed by atoms with Gasteiger partial charge in [-0.3, -0.25) is 14.4 Å². The summed E-state index contributed by atoms with van der Waals surface area (Å²) in [6.45, 7) is 3.69. The zero-order chi connectivity index (χ0) is 18.8. The van der Waals surface area contributed by atoms with E-state index in [1.54, 1.807) is 27.8 Å². The van der Waals surface area contributed by atoms with Gasteiger partial charge in [-0.05, 0) is 24.3 Å². The maximum atomic E-state index is 13.0. The summed E-state index contributed by atoms with van der Waals surface area (Å²) in [5.41, 5.74) is 2.12. The average molecular weight is 369 g/mol. The summed E-state index contributed by atoms with van der Waals surface area (Å²) in [7, 11) is 1.90. The number of rotatable bonds is 4. The van der Waals surface area contributed by atoms with Crippen molar-refractivity contribution < 1.29 is 13.7 Å². The maximum Gasteiger partial charge on any atom is 0.276 e. The molecular formula is C19H20FN5O2. The lowest BCUT2D eigenvalue weighted by atomic mass is 10.1. The number of carbonyl (C=O) groups is 1. The summed E-state index contributed by atoms with van der Waals surface area (Å²) < 4.78 is 20.1. The molecule has 3 aromatic rings. The van der Waals surface area contributed by atoms with Crippen LogP contribution < -0.4 is 0 Å². The number of carbonyl (C=O) groups excluding carboxylic acids is 1. The van der Waals surface area contributed by atoms with Crippen molar-refractivity contribution >= 4 is 5.91 Å². The number of hydrogen-bond acceptors (Lipinski definition) is 5. The number of aryl methyl sites for hydroxylation is 1. The van der Waals surface area contributed by atoms with Gasteiger partial charge in [0.2, 0.25) is 0 Å². The SMILES string of the molecule is Cn1cc(CN2CCN(C(=O)c3cc(-c4ccc(F)cc4)on3)CC2)cn1. The second kappa shape index (κ2) is 7.32. The molecule has 0 bridgehead atoms. The van der Waals surface area contributed by atoms with Crippen LogP contribution in [-0.4, -0.2) is 56.8 Å². The van der Waals surface area contributed by atoms with E-state index < -0.39 is 0 Å². The molecule has 1 amide bonds. The van der Waals surface area contributed by atoms with E-state index >= 15 is 0 Å². The molecule has 4 rings (SSSR count). The van der Waals surface area contributed by atoms with Crippen LogP contribution in [0.1, 0.15) is 16.1 Å². The zero-order valence-electron chi connectivity index (χ0n) is 15.0. The topological polar surface area (TPSA) is 67.4 Å². The van der Waals surface area contributed by atoms with Gasteiger partial charge in [0.15, 0.2) is 11.5 Å².